The number of methoxy groups -OCH3 is 2. The van der Waals surface area contributed by atoms with Crippen molar-refractivity contribution in [3.63, 3.8) is 0 Å². The minimum atomic E-state index is -1.05. The molecule has 4 aromatic carbocycles. The van der Waals surface area contributed by atoms with E-state index in [0.29, 0.717) is 33.7 Å². The fourth-order valence-corrected chi connectivity index (χ4v) is 3.92. The molecule has 0 saturated heterocycles. The van der Waals surface area contributed by atoms with Crippen molar-refractivity contribution in [1.82, 2.24) is 5.32 Å². The van der Waals surface area contributed by atoms with E-state index in [1.807, 2.05) is 48.5 Å². The van der Waals surface area contributed by atoms with E-state index in [-0.39, 0.29) is 11.5 Å². The molecule has 4 aromatic rings. The number of hydrogen-bond acceptors (Lipinski definition) is 5. The summed E-state index contributed by atoms with van der Waals surface area (Å²) in [5.74, 6) is -0.395. The molecule has 4 N–H and O–H groups in total. The maximum absolute atomic E-state index is 12.1. The Kier molecular flexibility index (Phi) is 14.8. The van der Waals surface area contributed by atoms with E-state index in [0.717, 1.165) is 19.4 Å². The average Bonchev–Trinajstić information content (AvgIpc) is 2.99. The van der Waals surface area contributed by atoms with E-state index in [9.17, 15) is 9.59 Å². The normalized spacial score (nSPS) is 9.78. The third-order valence-corrected chi connectivity index (χ3v) is 6.09. The van der Waals surface area contributed by atoms with Crippen molar-refractivity contribution < 1.29 is 24.2 Å². The second kappa shape index (κ2) is 18.3. The Morgan fingerprint density at radius 1 is 0.732 bits per heavy atom. The number of hydrogen-bond donors (Lipinski definition) is 3. The van der Waals surface area contributed by atoms with E-state index >= 15 is 0 Å². The number of carbonyl (C=O) groups excluding carboxylic acids is 1. The minimum Gasteiger partial charge on any atom is -0.496 e. The van der Waals surface area contributed by atoms with Crippen LogP contribution in [0.2, 0.25) is 10.0 Å². The number of benzene rings is 4. The van der Waals surface area contributed by atoms with E-state index in [1.54, 1.807) is 24.3 Å². The molecule has 9 heteroatoms. The SMILES string of the molecule is COc1ccc(Cl)cc1C(=O)NCCc1ccccc1.COc1ccc(Cl)cc1C(=O)O.NCCc1ccccc1. The third kappa shape index (κ3) is 11.9. The van der Waals surface area contributed by atoms with Crippen molar-refractivity contribution in [2.45, 2.75) is 12.8 Å². The topological polar surface area (TPSA) is 111 Å². The van der Waals surface area contributed by atoms with Crippen LogP contribution in [0.1, 0.15) is 31.8 Å². The van der Waals surface area contributed by atoms with Crippen LogP contribution in [0.5, 0.6) is 11.5 Å². The van der Waals surface area contributed by atoms with Gasteiger partial charge in [0.1, 0.15) is 17.1 Å². The van der Waals surface area contributed by atoms with Crippen LogP contribution in [0.3, 0.4) is 0 Å². The zero-order valence-electron chi connectivity index (χ0n) is 23.0. The van der Waals surface area contributed by atoms with Gasteiger partial charge in [-0.25, -0.2) is 4.79 Å². The van der Waals surface area contributed by atoms with Gasteiger partial charge >= 0.3 is 5.97 Å². The van der Waals surface area contributed by atoms with E-state index < -0.39 is 5.97 Å². The van der Waals surface area contributed by atoms with Gasteiger partial charge in [0.15, 0.2) is 0 Å². The summed E-state index contributed by atoms with van der Waals surface area (Å²) in [5, 5.41) is 12.4. The Balaban J connectivity index is 0.000000237. The van der Waals surface area contributed by atoms with E-state index in [1.165, 1.54) is 37.5 Å². The number of amides is 1. The molecule has 0 heterocycles. The molecule has 41 heavy (non-hydrogen) atoms. The molecule has 0 spiro atoms. The molecule has 0 unspecified atom stereocenters. The molecule has 0 aliphatic carbocycles. The molecule has 7 nitrogen and oxygen atoms in total. The summed E-state index contributed by atoms with van der Waals surface area (Å²) in [4.78, 5) is 22.7. The number of nitrogens with one attached hydrogen (secondary N) is 1. The highest BCUT2D eigenvalue weighted by Gasteiger charge is 2.12. The van der Waals surface area contributed by atoms with Crippen molar-refractivity contribution >= 4 is 35.1 Å². The predicted octanol–water partition coefficient (Wildman–Crippen LogP) is 6.56. The van der Waals surface area contributed by atoms with Crippen molar-refractivity contribution in [3.05, 3.63) is 129 Å². The number of nitrogens with two attached hydrogens (primary N) is 1. The quantitative estimate of drug-likeness (QED) is 0.202. The Labute approximate surface area is 250 Å². The summed E-state index contributed by atoms with van der Waals surface area (Å²) in [5.41, 5.74) is 8.39. The zero-order chi connectivity index (χ0) is 30.0. The first-order valence-corrected chi connectivity index (χ1v) is 13.5. The second-order valence-corrected chi connectivity index (χ2v) is 9.38. The van der Waals surface area contributed by atoms with Gasteiger partial charge in [-0.15, -0.1) is 0 Å². The molecule has 0 fully saturated rings. The summed E-state index contributed by atoms with van der Waals surface area (Å²) < 4.78 is 9.99. The first-order chi connectivity index (χ1) is 19.8. The van der Waals surface area contributed by atoms with Crippen LogP contribution < -0.4 is 20.5 Å². The van der Waals surface area contributed by atoms with Crippen molar-refractivity contribution in [1.29, 1.82) is 0 Å². The average molecular weight is 598 g/mol. The van der Waals surface area contributed by atoms with Crippen molar-refractivity contribution in [2.24, 2.45) is 5.73 Å². The van der Waals surface area contributed by atoms with Gasteiger partial charge in [-0.1, -0.05) is 83.9 Å². The van der Waals surface area contributed by atoms with Crippen LogP contribution in [-0.4, -0.2) is 44.3 Å². The first kappa shape index (κ1) is 33.2. The Morgan fingerprint density at radius 2 is 1.20 bits per heavy atom. The van der Waals surface area contributed by atoms with Crippen molar-refractivity contribution in [3.8, 4) is 11.5 Å². The van der Waals surface area contributed by atoms with Gasteiger partial charge in [-0.2, -0.15) is 0 Å². The van der Waals surface area contributed by atoms with Gasteiger partial charge < -0.3 is 25.6 Å². The van der Waals surface area contributed by atoms with Crippen molar-refractivity contribution in [2.75, 3.05) is 27.3 Å². The maximum Gasteiger partial charge on any atom is 0.339 e. The predicted molar refractivity (Wildman–Crippen MR) is 165 cm³/mol. The number of rotatable bonds is 9. The number of carbonyl (C=O) groups is 2. The monoisotopic (exact) mass is 596 g/mol. The summed E-state index contributed by atoms with van der Waals surface area (Å²) in [6.45, 7) is 1.31. The molecule has 0 aromatic heterocycles. The standard InChI is InChI=1S/C16H16ClNO2.C8H7ClO3.C8H11N/c1-20-15-8-7-13(17)11-14(15)16(19)18-10-9-12-5-3-2-4-6-12;1-12-7-3-2-5(9)4-6(7)8(10)11;9-7-6-8-4-2-1-3-5-8/h2-8,11H,9-10H2,1H3,(H,18,19);2-4H,1H3,(H,10,11);1-5H,6-7,9H2. The van der Waals surface area contributed by atoms with Crippen LogP contribution in [-0.2, 0) is 12.8 Å². The molecule has 0 atom stereocenters. The van der Waals surface area contributed by atoms with Gasteiger partial charge in [0, 0.05) is 16.6 Å². The summed E-state index contributed by atoms with van der Waals surface area (Å²) in [6, 6.07) is 29.7. The smallest absolute Gasteiger partial charge is 0.339 e. The number of aromatic carboxylic acids is 1. The maximum atomic E-state index is 12.1. The number of carboxylic acids is 1. The van der Waals surface area contributed by atoms with Crippen LogP contribution in [0.4, 0.5) is 0 Å². The molecule has 1 amide bonds. The lowest BCUT2D eigenvalue weighted by atomic mass is 10.1. The second-order valence-electron chi connectivity index (χ2n) is 8.51. The van der Waals surface area contributed by atoms with Gasteiger partial charge in [0.05, 0.1) is 19.8 Å². The third-order valence-electron chi connectivity index (χ3n) is 5.62. The van der Waals surface area contributed by atoms with Gasteiger partial charge in [-0.3, -0.25) is 4.79 Å². The summed E-state index contributed by atoms with van der Waals surface area (Å²) in [6.07, 6.45) is 1.77. The molecular weight excluding hydrogens is 563 g/mol. The number of halogens is 2. The lowest BCUT2D eigenvalue weighted by Crippen LogP contribution is -2.26. The molecule has 0 aliphatic rings. The Morgan fingerprint density at radius 3 is 1.66 bits per heavy atom. The molecule has 0 aliphatic heterocycles. The largest absolute Gasteiger partial charge is 0.496 e. The molecule has 0 bridgehead atoms. The summed E-state index contributed by atoms with van der Waals surface area (Å²) >= 11 is 11.5. The Hall–Kier alpha value is -4.04. The van der Waals surface area contributed by atoms with Gasteiger partial charge in [0.2, 0.25) is 0 Å². The molecule has 0 saturated carbocycles. The molecular formula is C32H34Cl2N2O5. The van der Waals surface area contributed by atoms with Gasteiger partial charge in [0.25, 0.3) is 5.91 Å². The first-order valence-electron chi connectivity index (χ1n) is 12.8. The highest BCUT2D eigenvalue weighted by Crippen LogP contribution is 2.23. The lowest BCUT2D eigenvalue weighted by molar-refractivity contribution is 0.0693. The molecule has 4 rings (SSSR count). The van der Waals surface area contributed by atoms with E-state index in [2.05, 4.69) is 17.4 Å². The number of carboxylic acid groups (broad SMARTS) is 1. The molecule has 0 radical (unpaired) electrons. The number of ether oxygens (including phenoxy) is 2. The molecule has 216 valence electrons. The van der Waals surface area contributed by atoms with Crippen LogP contribution in [0.25, 0.3) is 0 Å². The van der Waals surface area contributed by atoms with Crippen LogP contribution >= 0.6 is 23.2 Å². The van der Waals surface area contributed by atoms with Gasteiger partial charge in [-0.05, 0) is 66.9 Å². The van der Waals surface area contributed by atoms with Crippen LogP contribution in [0.15, 0.2) is 97.1 Å². The minimum absolute atomic E-state index is 0.0741. The van der Waals surface area contributed by atoms with Crippen LogP contribution in [0, 0.1) is 0 Å². The Bertz CT molecular complexity index is 1370. The summed E-state index contributed by atoms with van der Waals surface area (Å²) in [7, 11) is 2.94. The fraction of sp³-hybridized carbons (Fsp3) is 0.188. The fourth-order valence-electron chi connectivity index (χ4n) is 3.58. The zero-order valence-corrected chi connectivity index (χ0v) is 24.5. The highest BCUT2D eigenvalue weighted by molar-refractivity contribution is 6.31. The highest BCUT2D eigenvalue weighted by atomic mass is 35.5. The lowest BCUT2D eigenvalue weighted by Gasteiger charge is -2.09. The van der Waals surface area contributed by atoms with E-state index in [4.69, 9.17) is 43.5 Å².